The Balaban J connectivity index is 3.24. The van der Waals surface area contributed by atoms with Crippen LogP contribution in [-0.4, -0.2) is 10.9 Å². The maximum absolute atomic E-state index is 10.6. The third-order valence-electron chi connectivity index (χ3n) is 1.99. The molecule has 0 spiro atoms. The molecule has 0 radical (unpaired) electrons. The number of benzene rings is 1. The number of aromatic carboxylic acids is 1. The Morgan fingerprint density at radius 2 is 2.13 bits per heavy atom. The van der Waals surface area contributed by atoms with Crippen LogP contribution >= 0.6 is 22.6 Å². The van der Waals surface area contributed by atoms with Crippen molar-refractivity contribution in [1.29, 1.82) is 0 Å². The fourth-order valence-corrected chi connectivity index (χ4v) is 1.84. The van der Waals surface area contributed by atoms with E-state index in [9.17, 15) is 20.0 Å². The Bertz CT molecular complexity index is 430. The minimum Gasteiger partial charge on any atom is -0.545 e. The number of hydrogen-bond acceptors (Lipinski definition) is 4. The van der Waals surface area contributed by atoms with E-state index in [4.69, 9.17) is 0 Å². The number of carboxylic acid groups (broad SMARTS) is 1. The minimum absolute atomic E-state index is 0.0261. The highest BCUT2D eigenvalue weighted by Gasteiger charge is 2.10. The van der Waals surface area contributed by atoms with E-state index in [0.29, 0.717) is 9.13 Å². The molecule has 15 heavy (non-hydrogen) atoms. The van der Waals surface area contributed by atoms with Crippen molar-refractivity contribution in [3.8, 4) is 0 Å². The molecule has 0 atom stereocenters. The lowest BCUT2D eigenvalue weighted by atomic mass is 10.1. The SMILES string of the molecule is Cc1c(I)cc(C(=O)[O-])cc1C[N+](=O)[O-]. The standard InChI is InChI=1S/C9H8INO4/c1-5-7(4-11(14)15)2-6(9(12)13)3-8(5)10/h2-3H,4H2,1H3,(H,12,13)/p-1. The third kappa shape index (κ3) is 2.88. The van der Waals surface area contributed by atoms with E-state index in [1.807, 2.05) is 22.6 Å². The van der Waals surface area contributed by atoms with Crippen LogP contribution in [0.5, 0.6) is 0 Å². The number of carbonyl (C=O) groups is 1. The van der Waals surface area contributed by atoms with E-state index in [1.165, 1.54) is 12.1 Å². The van der Waals surface area contributed by atoms with E-state index in [0.717, 1.165) is 5.56 Å². The van der Waals surface area contributed by atoms with Gasteiger partial charge in [0, 0.05) is 14.1 Å². The van der Waals surface area contributed by atoms with Crippen LogP contribution in [0.1, 0.15) is 21.5 Å². The van der Waals surface area contributed by atoms with Crippen molar-refractivity contribution in [2.45, 2.75) is 13.5 Å². The summed E-state index contributed by atoms with van der Waals surface area (Å²) in [5, 5.41) is 21.0. The fourth-order valence-electron chi connectivity index (χ4n) is 1.16. The second-order valence-electron chi connectivity index (χ2n) is 3.02. The number of nitro groups is 1. The Morgan fingerprint density at radius 1 is 1.53 bits per heavy atom. The van der Waals surface area contributed by atoms with Crippen LogP contribution in [0.25, 0.3) is 0 Å². The molecule has 0 saturated heterocycles. The van der Waals surface area contributed by atoms with Crippen LogP contribution < -0.4 is 5.11 Å². The Morgan fingerprint density at radius 3 is 2.60 bits per heavy atom. The molecular formula is C9H7INO4-. The first-order valence-corrected chi connectivity index (χ1v) is 5.12. The van der Waals surface area contributed by atoms with Crippen molar-refractivity contribution in [3.63, 3.8) is 0 Å². The van der Waals surface area contributed by atoms with Gasteiger partial charge in [-0.05, 0) is 52.8 Å². The summed E-state index contributed by atoms with van der Waals surface area (Å²) in [5.41, 5.74) is 1.12. The molecular weight excluding hydrogens is 313 g/mol. The van der Waals surface area contributed by atoms with E-state index in [-0.39, 0.29) is 12.1 Å². The van der Waals surface area contributed by atoms with Gasteiger partial charge >= 0.3 is 0 Å². The predicted molar refractivity (Wildman–Crippen MR) is 58.9 cm³/mol. The summed E-state index contributed by atoms with van der Waals surface area (Å²) in [4.78, 5) is 20.5. The maximum Gasteiger partial charge on any atom is 0.229 e. The molecule has 0 amide bonds. The first-order valence-electron chi connectivity index (χ1n) is 4.04. The average molecular weight is 320 g/mol. The number of nitrogens with zero attached hydrogens (tertiary/aromatic N) is 1. The van der Waals surface area contributed by atoms with E-state index < -0.39 is 10.9 Å². The van der Waals surface area contributed by atoms with Crippen molar-refractivity contribution in [1.82, 2.24) is 0 Å². The highest BCUT2D eigenvalue weighted by atomic mass is 127. The molecule has 6 heteroatoms. The quantitative estimate of drug-likeness (QED) is 0.467. The lowest BCUT2D eigenvalue weighted by Crippen LogP contribution is -2.23. The van der Waals surface area contributed by atoms with Gasteiger partial charge in [0.2, 0.25) is 6.54 Å². The lowest BCUT2D eigenvalue weighted by Gasteiger charge is -2.09. The van der Waals surface area contributed by atoms with Gasteiger partial charge in [-0.3, -0.25) is 10.1 Å². The van der Waals surface area contributed by atoms with Crippen LogP contribution in [0.4, 0.5) is 0 Å². The lowest BCUT2D eigenvalue weighted by molar-refractivity contribution is -0.496. The van der Waals surface area contributed by atoms with Crippen LogP contribution in [0.15, 0.2) is 12.1 Å². The van der Waals surface area contributed by atoms with E-state index in [1.54, 1.807) is 6.92 Å². The topological polar surface area (TPSA) is 83.3 Å². The molecule has 0 bridgehead atoms. The molecule has 0 aliphatic heterocycles. The Hall–Kier alpha value is -1.18. The largest absolute Gasteiger partial charge is 0.545 e. The van der Waals surface area contributed by atoms with Gasteiger partial charge in [-0.2, -0.15) is 0 Å². The zero-order valence-electron chi connectivity index (χ0n) is 7.82. The summed E-state index contributed by atoms with van der Waals surface area (Å²) < 4.78 is 0.686. The molecule has 5 nitrogen and oxygen atoms in total. The number of carbonyl (C=O) groups excluding carboxylic acids is 1. The molecule has 0 saturated carbocycles. The van der Waals surface area contributed by atoms with Crippen LogP contribution in [0.2, 0.25) is 0 Å². The molecule has 0 heterocycles. The molecule has 0 aromatic heterocycles. The maximum atomic E-state index is 10.6. The van der Waals surface area contributed by atoms with Crippen molar-refractivity contribution in [2.75, 3.05) is 0 Å². The molecule has 0 aliphatic rings. The molecule has 0 N–H and O–H groups in total. The smallest absolute Gasteiger partial charge is 0.229 e. The van der Waals surface area contributed by atoms with Gasteiger partial charge < -0.3 is 9.90 Å². The van der Waals surface area contributed by atoms with Crippen LogP contribution in [0.3, 0.4) is 0 Å². The Labute approximate surface area is 99.4 Å². The van der Waals surface area contributed by atoms with Crippen molar-refractivity contribution in [2.24, 2.45) is 0 Å². The fraction of sp³-hybridized carbons (Fsp3) is 0.222. The first-order chi connectivity index (χ1) is 6.91. The van der Waals surface area contributed by atoms with Gasteiger partial charge in [0.05, 0.1) is 5.97 Å². The van der Waals surface area contributed by atoms with Crippen molar-refractivity contribution >= 4 is 28.6 Å². The minimum atomic E-state index is -1.32. The average Bonchev–Trinajstić information content (AvgIpc) is 2.11. The monoisotopic (exact) mass is 320 g/mol. The molecule has 1 aromatic rings. The predicted octanol–water partition coefficient (Wildman–Crippen LogP) is 0.740. The summed E-state index contributed by atoms with van der Waals surface area (Å²) in [6, 6.07) is 2.73. The van der Waals surface area contributed by atoms with Gasteiger partial charge in [0.15, 0.2) is 0 Å². The van der Waals surface area contributed by atoms with Gasteiger partial charge in [-0.1, -0.05) is 0 Å². The highest BCUT2D eigenvalue weighted by molar-refractivity contribution is 14.1. The van der Waals surface area contributed by atoms with E-state index >= 15 is 0 Å². The zero-order chi connectivity index (χ0) is 11.6. The Kier molecular flexibility index (Phi) is 3.61. The molecule has 0 fully saturated rings. The second-order valence-corrected chi connectivity index (χ2v) is 4.18. The highest BCUT2D eigenvalue weighted by Crippen LogP contribution is 2.19. The molecule has 1 rings (SSSR count). The second kappa shape index (κ2) is 4.56. The van der Waals surface area contributed by atoms with Crippen LogP contribution in [0, 0.1) is 20.6 Å². The third-order valence-corrected chi connectivity index (χ3v) is 3.11. The number of halogens is 1. The summed E-state index contributed by atoms with van der Waals surface area (Å²) in [6.07, 6.45) is 0. The molecule has 0 unspecified atom stereocenters. The summed E-state index contributed by atoms with van der Waals surface area (Å²) in [6.45, 7) is 1.35. The molecule has 0 aliphatic carbocycles. The normalized spacial score (nSPS) is 10.0. The first kappa shape index (κ1) is 11.9. The van der Waals surface area contributed by atoms with Crippen molar-refractivity contribution in [3.05, 3.63) is 42.5 Å². The number of carboxylic acids is 1. The van der Waals surface area contributed by atoms with Gasteiger partial charge in [-0.15, -0.1) is 0 Å². The number of rotatable bonds is 3. The van der Waals surface area contributed by atoms with Gasteiger partial charge in [-0.25, -0.2) is 0 Å². The summed E-state index contributed by atoms with van der Waals surface area (Å²) in [7, 11) is 0. The van der Waals surface area contributed by atoms with Gasteiger partial charge in [0.1, 0.15) is 0 Å². The van der Waals surface area contributed by atoms with Crippen molar-refractivity contribution < 1.29 is 14.8 Å². The zero-order valence-corrected chi connectivity index (χ0v) is 9.98. The van der Waals surface area contributed by atoms with E-state index in [2.05, 4.69) is 0 Å². The summed E-state index contributed by atoms with van der Waals surface area (Å²) in [5.74, 6) is -1.32. The number of hydrogen-bond donors (Lipinski definition) is 0. The molecule has 1 aromatic carbocycles. The van der Waals surface area contributed by atoms with Crippen LogP contribution in [-0.2, 0) is 6.54 Å². The molecule has 80 valence electrons. The van der Waals surface area contributed by atoms with Gasteiger partial charge in [0.25, 0.3) is 0 Å². The summed E-state index contributed by atoms with van der Waals surface area (Å²) >= 11 is 1.94.